The minimum Gasteiger partial charge on any atom is -0.768 e. The number of hydrogen-bond donors (Lipinski definition) is 2. The van der Waals surface area contributed by atoms with Crippen LogP contribution in [0.25, 0.3) is 10.9 Å². The van der Waals surface area contributed by atoms with Crippen LogP contribution in [0.4, 0.5) is 10.7 Å². The number of thioether (sulfide) groups is 1. The van der Waals surface area contributed by atoms with E-state index < -0.39 is 17.2 Å². The van der Waals surface area contributed by atoms with Crippen LogP contribution in [-0.2, 0) is 15.9 Å². The lowest BCUT2D eigenvalue weighted by atomic mass is 10.2. The van der Waals surface area contributed by atoms with E-state index in [1.54, 1.807) is 6.07 Å². The number of aromatic hydroxyl groups is 1. The molecule has 0 spiro atoms. The number of azo groups is 1. The zero-order chi connectivity index (χ0) is 21.1. The number of phenols is 1. The summed E-state index contributed by atoms with van der Waals surface area (Å²) in [5.74, 6) is -0.578. The molecule has 0 amide bonds. The first-order valence-corrected chi connectivity index (χ1v) is 11.2. The summed E-state index contributed by atoms with van der Waals surface area (Å²) < 4.78 is 26.6. The number of carbonyl (C=O) groups is 1. The first-order chi connectivity index (χ1) is 13.8. The third-order valence-corrected chi connectivity index (χ3v) is 6.51. The Balaban J connectivity index is 1.94. The molecule has 12 heteroatoms. The Kier molecular flexibility index (Phi) is 6.98. The summed E-state index contributed by atoms with van der Waals surface area (Å²) in [6.07, 6.45) is -1.10. The molecule has 2 aromatic carbocycles. The van der Waals surface area contributed by atoms with Gasteiger partial charge in [-0.3, -0.25) is 9.00 Å². The molecule has 0 saturated heterocycles. The Labute approximate surface area is 181 Å². The number of fused-ring (bicyclic) bond motifs is 1. The van der Waals surface area contributed by atoms with Gasteiger partial charge in [-0.2, -0.15) is 4.37 Å². The molecule has 2 atom stereocenters. The summed E-state index contributed by atoms with van der Waals surface area (Å²) in [6.45, 7) is 1.38. The number of aliphatic hydroxyl groups is 1. The summed E-state index contributed by atoms with van der Waals surface area (Å²) >= 11 is 5.71. The van der Waals surface area contributed by atoms with Crippen LogP contribution < -0.4 is 0 Å². The number of benzene rings is 2. The normalized spacial score (nSPS) is 13.8. The van der Waals surface area contributed by atoms with Crippen molar-refractivity contribution in [3.63, 3.8) is 0 Å². The third kappa shape index (κ3) is 5.18. The highest BCUT2D eigenvalue weighted by Gasteiger charge is 2.14. The number of hydrogen-bond acceptors (Lipinski definition) is 10. The van der Waals surface area contributed by atoms with Crippen LogP contribution >= 0.6 is 34.9 Å². The topological polar surface area (TPSA) is 135 Å². The number of nitrogens with zero attached hydrogens (tertiary/aromatic N) is 3. The minimum absolute atomic E-state index is 0.0244. The van der Waals surface area contributed by atoms with Crippen LogP contribution in [0.2, 0.25) is 5.02 Å². The monoisotopic (exact) mass is 470 g/mol. The van der Waals surface area contributed by atoms with E-state index in [0.29, 0.717) is 26.5 Å². The maximum atomic E-state index is 11.7. The fourth-order valence-corrected chi connectivity index (χ4v) is 4.39. The van der Waals surface area contributed by atoms with Gasteiger partial charge in [0.15, 0.2) is 10.8 Å². The van der Waals surface area contributed by atoms with Gasteiger partial charge >= 0.3 is 0 Å². The Hall–Kier alpha value is -1.89. The smallest absolute Gasteiger partial charge is 0.171 e. The Morgan fingerprint density at radius 3 is 2.83 bits per heavy atom. The van der Waals surface area contributed by atoms with E-state index in [4.69, 9.17) is 11.6 Å². The zero-order valence-corrected chi connectivity index (χ0v) is 17.9. The van der Waals surface area contributed by atoms with Gasteiger partial charge in [-0.15, -0.1) is 22.0 Å². The van der Waals surface area contributed by atoms with Crippen molar-refractivity contribution in [1.82, 2.24) is 4.37 Å². The third-order valence-electron chi connectivity index (χ3n) is 3.73. The van der Waals surface area contributed by atoms with E-state index in [1.165, 1.54) is 31.2 Å². The van der Waals surface area contributed by atoms with Gasteiger partial charge in [0.1, 0.15) is 17.5 Å². The zero-order valence-electron chi connectivity index (χ0n) is 14.7. The second-order valence-electron chi connectivity index (χ2n) is 5.80. The van der Waals surface area contributed by atoms with E-state index >= 15 is 0 Å². The highest BCUT2D eigenvalue weighted by Crippen LogP contribution is 2.40. The number of halogens is 1. The van der Waals surface area contributed by atoms with Gasteiger partial charge in [0.05, 0.1) is 16.3 Å². The van der Waals surface area contributed by atoms with E-state index in [2.05, 4.69) is 14.6 Å². The minimum atomic E-state index is -2.38. The molecule has 8 nitrogen and oxygen atoms in total. The van der Waals surface area contributed by atoms with Gasteiger partial charge in [0.2, 0.25) is 0 Å². The largest absolute Gasteiger partial charge is 0.768 e. The quantitative estimate of drug-likeness (QED) is 0.297. The summed E-state index contributed by atoms with van der Waals surface area (Å²) in [7, 11) is 0. The predicted octanol–water partition coefficient (Wildman–Crippen LogP) is 4.35. The van der Waals surface area contributed by atoms with Crippen molar-refractivity contribution < 1.29 is 23.8 Å². The number of rotatable bonds is 7. The number of Topliss-reactive ketones (excluding diaryl/α,β-unsaturated/α-hetero) is 1. The number of phenolic OH excluding ortho intramolecular Hbond substituents is 1. The lowest BCUT2D eigenvalue weighted by molar-refractivity contribution is -0.123. The van der Waals surface area contributed by atoms with Gasteiger partial charge in [0, 0.05) is 15.2 Å². The van der Waals surface area contributed by atoms with Gasteiger partial charge < -0.3 is 14.8 Å². The maximum absolute atomic E-state index is 11.7. The molecule has 0 fully saturated rings. The first kappa shape index (κ1) is 21.8. The Morgan fingerprint density at radius 2 is 2.14 bits per heavy atom. The average Bonchev–Trinajstić information content (AvgIpc) is 3.09. The highest BCUT2D eigenvalue weighted by atomic mass is 35.5. The van der Waals surface area contributed by atoms with E-state index in [1.807, 2.05) is 0 Å². The lowest BCUT2D eigenvalue weighted by Gasteiger charge is -2.08. The fourth-order valence-electron chi connectivity index (χ4n) is 2.18. The van der Waals surface area contributed by atoms with Crippen molar-refractivity contribution in [1.29, 1.82) is 0 Å². The molecule has 0 aliphatic carbocycles. The molecule has 0 saturated carbocycles. The molecule has 0 radical (unpaired) electrons. The van der Waals surface area contributed by atoms with Crippen molar-refractivity contribution in [2.24, 2.45) is 10.2 Å². The van der Waals surface area contributed by atoms with Gasteiger partial charge in [-0.25, -0.2) is 0 Å². The lowest BCUT2D eigenvalue weighted by Crippen LogP contribution is -2.17. The number of aromatic nitrogens is 1. The molecular formula is C17H13ClN3O5S3-. The van der Waals surface area contributed by atoms with Crippen molar-refractivity contribution in [2.75, 3.05) is 5.75 Å². The van der Waals surface area contributed by atoms with E-state index in [9.17, 15) is 23.8 Å². The second-order valence-corrected chi connectivity index (χ2v) is 8.92. The Bertz CT molecular complexity index is 1130. The van der Waals surface area contributed by atoms with Crippen LogP contribution in [0.3, 0.4) is 0 Å². The standard InChI is InChI=1S/C17H14ClN3O5S3/c1-8(22)15(24)7-27-16-6-14(23)11(18)5-13(16)19-20-17-10-4-9(29(25)26)2-3-12(10)21-28-17/h2-6,8,22-23H,7H2,1H3,(H,25,26)/p-1. The maximum Gasteiger partial charge on any atom is 0.171 e. The summed E-state index contributed by atoms with van der Waals surface area (Å²) in [6, 6.07) is 7.24. The second kappa shape index (κ2) is 9.28. The molecule has 1 heterocycles. The number of ketones is 1. The Morgan fingerprint density at radius 1 is 1.38 bits per heavy atom. The predicted molar refractivity (Wildman–Crippen MR) is 112 cm³/mol. The number of aliphatic hydroxyl groups excluding tert-OH is 1. The van der Waals surface area contributed by atoms with Crippen LogP contribution in [0.15, 0.2) is 50.4 Å². The van der Waals surface area contributed by atoms with Gasteiger partial charge in [-0.05, 0) is 59.9 Å². The fraction of sp³-hybridized carbons (Fsp3) is 0.176. The van der Waals surface area contributed by atoms with Gasteiger partial charge in [-0.1, -0.05) is 11.6 Å². The van der Waals surface area contributed by atoms with Crippen molar-refractivity contribution in [2.45, 2.75) is 22.8 Å². The summed E-state index contributed by atoms with van der Waals surface area (Å²) in [5.41, 5.74) is 0.889. The van der Waals surface area contributed by atoms with Crippen LogP contribution in [0, 0.1) is 0 Å². The molecule has 2 unspecified atom stereocenters. The number of carbonyl (C=O) groups excluding carboxylic acids is 1. The molecule has 1 aromatic heterocycles. The van der Waals surface area contributed by atoms with Crippen LogP contribution in [-0.4, -0.2) is 41.0 Å². The van der Waals surface area contributed by atoms with E-state index in [0.717, 1.165) is 23.3 Å². The molecule has 2 N–H and O–H groups in total. The highest BCUT2D eigenvalue weighted by molar-refractivity contribution is 8.00. The first-order valence-electron chi connectivity index (χ1n) is 8.03. The average molecular weight is 471 g/mol. The summed E-state index contributed by atoms with van der Waals surface area (Å²) in [4.78, 5) is 12.2. The van der Waals surface area contributed by atoms with Crippen molar-refractivity contribution in [3.05, 3.63) is 35.4 Å². The van der Waals surface area contributed by atoms with Crippen molar-refractivity contribution >= 4 is 73.4 Å². The molecule has 3 rings (SSSR count). The molecule has 0 bridgehead atoms. The van der Waals surface area contributed by atoms with E-state index in [-0.39, 0.29) is 27.2 Å². The summed E-state index contributed by atoms with van der Waals surface area (Å²) in [5, 5.41) is 28.5. The molecule has 152 valence electrons. The molecule has 29 heavy (non-hydrogen) atoms. The van der Waals surface area contributed by atoms with Crippen molar-refractivity contribution in [3.8, 4) is 5.75 Å². The molecule has 0 aliphatic heterocycles. The molecular weight excluding hydrogens is 458 g/mol. The SMILES string of the molecule is CC(O)C(=O)CSc1cc(O)c(Cl)cc1N=Nc1snc2ccc(S(=O)[O-])cc12. The van der Waals surface area contributed by atoms with Crippen LogP contribution in [0.1, 0.15) is 6.92 Å². The van der Waals surface area contributed by atoms with Gasteiger partial charge in [0.25, 0.3) is 0 Å². The van der Waals surface area contributed by atoms with Crippen LogP contribution in [0.5, 0.6) is 5.75 Å². The molecule has 0 aliphatic rings. The molecule has 3 aromatic rings.